The summed E-state index contributed by atoms with van der Waals surface area (Å²) in [5.41, 5.74) is 0.948. The third-order valence-corrected chi connectivity index (χ3v) is 2.89. The molecule has 2 aromatic rings. The first-order valence-corrected chi connectivity index (χ1v) is 6.28. The molecule has 0 aliphatic carbocycles. The Labute approximate surface area is 116 Å². The van der Waals surface area contributed by atoms with E-state index in [-0.39, 0.29) is 12.5 Å². The van der Waals surface area contributed by atoms with Crippen LogP contribution in [-0.2, 0) is 16.1 Å². The highest BCUT2D eigenvalue weighted by atomic mass is 16.5. The van der Waals surface area contributed by atoms with E-state index in [1.165, 1.54) is 0 Å². The molecule has 20 heavy (non-hydrogen) atoms. The predicted octanol–water partition coefficient (Wildman–Crippen LogP) is 1.27. The molecule has 0 bridgehead atoms. The molecule has 1 heterocycles. The van der Waals surface area contributed by atoms with Crippen molar-refractivity contribution in [1.82, 2.24) is 20.2 Å². The molecule has 0 amide bonds. The van der Waals surface area contributed by atoms with E-state index in [1.807, 2.05) is 30.3 Å². The molecule has 0 fully saturated rings. The van der Waals surface area contributed by atoms with E-state index in [1.54, 1.807) is 11.8 Å². The predicted molar refractivity (Wildman–Crippen MR) is 70.0 cm³/mol. The first-order valence-electron chi connectivity index (χ1n) is 6.28. The number of nitrogens with zero attached hydrogens (tertiary/aromatic N) is 4. The van der Waals surface area contributed by atoms with Crippen molar-refractivity contribution in [3.8, 4) is 0 Å². The molecule has 0 saturated carbocycles. The van der Waals surface area contributed by atoms with Gasteiger partial charge in [0.05, 0.1) is 0 Å². The highest BCUT2D eigenvalue weighted by Gasteiger charge is 2.20. The zero-order valence-corrected chi connectivity index (χ0v) is 11.1. The van der Waals surface area contributed by atoms with Gasteiger partial charge < -0.3 is 9.84 Å². The molecule has 1 atom stereocenters. The van der Waals surface area contributed by atoms with Crippen molar-refractivity contribution in [3.05, 3.63) is 41.7 Å². The lowest BCUT2D eigenvalue weighted by Crippen LogP contribution is -2.14. The zero-order valence-electron chi connectivity index (χ0n) is 11.1. The Morgan fingerprint density at radius 3 is 2.80 bits per heavy atom. The number of methoxy groups -OCH3 is 1. The Balaban J connectivity index is 2.15. The Bertz CT molecular complexity index is 556. The Morgan fingerprint density at radius 1 is 1.40 bits per heavy atom. The number of carboxylic acid groups (broad SMARTS) is 1. The minimum absolute atomic E-state index is 0.0856. The monoisotopic (exact) mass is 276 g/mol. The standard InChI is InChI=1S/C13H16N4O3/c1-20-12(10-6-3-2-4-7-10)13-14-15-16-17(13)9-5-8-11(18)19/h2-4,6-7,12H,5,8-9H2,1H3,(H,18,19). The van der Waals surface area contributed by atoms with Gasteiger partial charge in [0, 0.05) is 20.1 Å². The average Bonchev–Trinajstić information content (AvgIpc) is 2.89. The number of aliphatic carboxylic acids is 1. The number of hydrogen-bond donors (Lipinski definition) is 1. The molecule has 0 radical (unpaired) electrons. The van der Waals surface area contributed by atoms with Gasteiger partial charge >= 0.3 is 5.97 Å². The molecule has 1 N–H and O–H groups in total. The van der Waals surface area contributed by atoms with E-state index in [0.717, 1.165) is 5.56 Å². The van der Waals surface area contributed by atoms with Gasteiger partial charge in [-0.15, -0.1) is 5.10 Å². The smallest absolute Gasteiger partial charge is 0.303 e. The van der Waals surface area contributed by atoms with Crippen LogP contribution < -0.4 is 0 Å². The van der Waals surface area contributed by atoms with Gasteiger partial charge in [-0.05, 0) is 22.4 Å². The number of aromatic nitrogens is 4. The average molecular weight is 276 g/mol. The molecule has 1 unspecified atom stereocenters. The van der Waals surface area contributed by atoms with Crippen LogP contribution in [0.2, 0.25) is 0 Å². The fraction of sp³-hybridized carbons (Fsp3) is 0.385. The zero-order chi connectivity index (χ0) is 14.4. The normalized spacial score (nSPS) is 12.2. The van der Waals surface area contributed by atoms with Crippen LogP contribution in [0.1, 0.15) is 30.3 Å². The largest absolute Gasteiger partial charge is 0.481 e. The van der Waals surface area contributed by atoms with Crippen LogP contribution in [-0.4, -0.2) is 38.4 Å². The van der Waals surface area contributed by atoms with E-state index in [2.05, 4.69) is 15.5 Å². The maximum atomic E-state index is 10.5. The van der Waals surface area contributed by atoms with Crippen molar-refractivity contribution in [1.29, 1.82) is 0 Å². The van der Waals surface area contributed by atoms with Gasteiger partial charge in [-0.1, -0.05) is 30.3 Å². The molecular weight excluding hydrogens is 260 g/mol. The van der Waals surface area contributed by atoms with Gasteiger partial charge in [-0.25, -0.2) is 4.68 Å². The van der Waals surface area contributed by atoms with Crippen molar-refractivity contribution in [2.75, 3.05) is 7.11 Å². The maximum absolute atomic E-state index is 10.5. The Morgan fingerprint density at radius 2 is 2.15 bits per heavy atom. The molecule has 1 aromatic heterocycles. The van der Waals surface area contributed by atoms with Crippen LogP contribution >= 0.6 is 0 Å². The summed E-state index contributed by atoms with van der Waals surface area (Å²) in [4.78, 5) is 10.5. The summed E-state index contributed by atoms with van der Waals surface area (Å²) in [5.74, 6) is -0.255. The van der Waals surface area contributed by atoms with E-state index in [0.29, 0.717) is 18.8 Å². The molecule has 0 aliphatic rings. The lowest BCUT2D eigenvalue weighted by atomic mass is 10.1. The maximum Gasteiger partial charge on any atom is 0.303 e. The minimum Gasteiger partial charge on any atom is -0.481 e. The molecule has 0 aliphatic heterocycles. The fourth-order valence-corrected chi connectivity index (χ4v) is 1.96. The number of aryl methyl sites for hydroxylation is 1. The van der Waals surface area contributed by atoms with Crippen LogP contribution in [0.3, 0.4) is 0 Å². The summed E-state index contributed by atoms with van der Waals surface area (Å²) in [7, 11) is 1.59. The van der Waals surface area contributed by atoms with E-state index >= 15 is 0 Å². The highest BCUT2D eigenvalue weighted by Crippen LogP contribution is 2.22. The second-order valence-corrected chi connectivity index (χ2v) is 4.28. The van der Waals surface area contributed by atoms with Crippen LogP contribution in [0.4, 0.5) is 0 Å². The topological polar surface area (TPSA) is 90.1 Å². The number of hydrogen-bond acceptors (Lipinski definition) is 5. The second-order valence-electron chi connectivity index (χ2n) is 4.28. The quantitative estimate of drug-likeness (QED) is 0.819. The summed E-state index contributed by atoms with van der Waals surface area (Å²) in [6.07, 6.45) is 0.192. The Kier molecular flexibility index (Phi) is 4.78. The first kappa shape index (κ1) is 14.1. The van der Waals surface area contributed by atoms with Crippen molar-refractivity contribution < 1.29 is 14.6 Å². The van der Waals surface area contributed by atoms with Gasteiger partial charge in [0.1, 0.15) is 6.10 Å². The number of rotatable bonds is 7. The molecule has 7 nitrogen and oxygen atoms in total. The van der Waals surface area contributed by atoms with Crippen molar-refractivity contribution in [2.45, 2.75) is 25.5 Å². The third-order valence-electron chi connectivity index (χ3n) is 2.89. The van der Waals surface area contributed by atoms with Crippen LogP contribution in [0.25, 0.3) is 0 Å². The van der Waals surface area contributed by atoms with Crippen molar-refractivity contribution in [2.24, 2.45) is 0 Å². The second kappa shape index (κ2) is 6.76. The van der Waals surface area contributed by atoms with Crippen LogP contribution in [0, 0.1) is 0 Å². The van der Waals surface area contributed by atoms with Gasteiger partial charge in [0.25, 0.3) is 0 Å². The molecule has 0 spiro atoms. The number of tetrazole rings is 1. The molecular formula is C13H16N4O3. The fourth-order valence-electron chi connectivity index (χ4n) is 1.96. The molecule has 7 heteroatoms. The van der Waals surface area contributed by atoms with Crippen molar-refractivity contribution in [3.63, 3.8) is 0 Å². The van der Waals surface area contributed by atoms with Crippen LogP contribution in [0.15, 0.2) is 30.3 Å². The summed E-state index contributed by atoms with van der Waals surface area (Å²) < 4.78 is 7.06. The van der Waals surface area contributed by atoms with Crippen molar-refractivity contribution >= 4 is 5.97 Å². The number of carbonyl (C=O) groups is 1. The van der Waals surface area contributed by atoms with Gasteiger partial charge in [0.15, 0.2) is 5.82 Å². The summed E-state index contributed by atoms with van der Waals surface area (Å²) in [5, 5.41) is 20.2. The Hall–Kier alpha value is -2.28. The first-order chi connectivity index (χ1) is 9.72. The molecule has 106 valence electrons. The SMILES string of the molecule is COC(c1ccccc1)c1nnnn1CCCC(=O)O. The summed E-state index contributed by atoms with van der Waals surface area (Å²) >= 11 is 0. The number of benzene rings is 1. The number of ether oxygens (including phenoxy) is 1. The summed E-state index contributed by atoms with van der Waals surface area (Å²) in [6.45, 7) is 0.446. The van der Waals surface area contributed by atoms with Gasteiger partial charge in [0.2, 0.25) is 0 Å². The molecule has 2 rings (SSSR count). The molecule has 0 saturated heterocycles. The minimum atomic E-state index is -0.828. The van der Waals surface area contributed by atoms with E-state index in [4.69, 9.17) is 9.84 Å². The lowest BCUT2D eigenvalue weighted by Gasteiger charge is -2.15. The third kappa shape index (κ3) is 3.39. The number of carboxylic acids is 1. The summed E-state index contributed by atoms with van der Waals surface area (Å²) in [6, 6.07) is 9.63. The van der Waals surface area contributed by atoms with Gasteiger partial charge in [-0.2, -0.15) is 0 Å². The highest BCUT2D eigenvalue weighted by molar-refractivity contribution is 5.66. The molecule has 1 aromatic carbocycles. The van der Waals surface area contributed by atoms with E-state index < -0.39 is 5.97 Å². The van der Waals surface area contributed by atoms with Crippen LogP contribution in [0.5, 0.6) is 0 Å². The van der Waals surface area contributed by atoms with E-state index in [9.17, 15) is 4.79 Å². The lowest BCUT2D eigenvalue weighted by molar-refractivity contribution is -0.137. The van der Waals surface area contributed by atoms with Gasteiger partial charge in [-0.3, -0.25) is 4.79 Å².